The van der Waals surface area contributed by atoms with Crippen LogP contribution in [0, 0.1) is 27.7 Å². The van der Waals surface area contributed by atoms with Crippen LogP contribution in [0.4, 0.5) is 5.69 Å². The molecule has 0 aliphatic carbocycles. The summed E-state index contributed by atoms with van der Waals surface area (Å²) in [5, 5.41) is 0. The predicted octanol–water partition coefficient (Wildman–Crippen LogP) is 3.82. The summed E-state index contributed by atoms with van der Waals surface area (Å²) in [5.41, 5.74) is 15.5. The molecule has 3 nitrogen and oxygen atoms in total. The molecule has 0 spiro atoms. The molecule has 0 atom stereocenters. The first-order valence-electron chi connectivity index (χ1n) is 6.79. The number of hydrogen-bond acceptors (Lipinski definition) is 2. The Morgan fingerprint density at radius 2 is 1.65 bits per heavy atom. The van der Waals surface area contributed by atoms with Crippen molar-refractivity contribution in [2.75, 3.05) is 5.73 Å². The molecule has 2 heterocycles. The highest BCUT2D eigenvalue weighted by atomic mass is 14.9. The number of nitrogen functional groups attached to an aromatic ring is 1. The van der Waals surface area contributed by atoms with E-state index in [0.29, 0.717) is 0 Å². The summed E-state index contributed by atoms with van der Waals surface area (Å²) in [6.07, 6.45) is 5.64. The first-order valence-corrected chi connectivity index (χ1v) is 6.79. The van der Waals surface area contributed by atoms with Gasteiger partial charge in [-0.25, -0.2) is 0 Å². The van der Waals surface area contributed by atoms with E-state index in [4.69, 9.17) is 5.73 Å². The summed E-state index contributed by atoms with van der Waals surface area (Å²) >= 11 is 0. The highest BCUT2D eigenvalue weighted by Crippen LogP contribution is 2.38. The van der Waals surface area contributed by atoms with E-state index in [2.05, 4.69) is 42.3 Å². The van der Waals surface area contributed by atoms with Crippen molar-refractivity contribution in [2.24, 2.45) is 0 Å². The van der Waals surface area contributed by atoms with Crippen LogP contribution < -0.4 is 5.73 Å². The lowest BCUT2D eigenvalue weighted by molar-refractivity contribution is 1.08. The Hall–Kier alpha value is -2.29. The Morgan fingerprint density at radius 3 is 2.30 bits per heavy atom. The first kappa shape index (κ1) is 12.7. The molecule has 0 radical (unpaired) electrons. The number of aryl methyl sites for hydroxylation is 4. The summed E-state index contributed by atoms with van der Waals surface area (Å²) in [6, 6.07) is 4.41. The minimum Gasteiger partial charge on any atom is -0.397 e. The van der Waals surface area contributed by atoms with Crippen LogP contribution in [0.5, 0.6) is 0 Å². The van der Waals surface area contributed by atoms with E-state index in [1.54, 1.807) is 6.20 Å². The monoisotopic (exact) mass is 265 g/mol. The van der Waals surface area contributed by atoms with Crippen molar-refractivity contribution in [3.8, 4) is 11.1 Å². The van der Waals surface area contributed by atoms with Gasteiger partial charge in [-0.15, -0.1) is 0 Å². The van der Waals surface area contributed by atoms with Crippen molar-refractivity contribution in [1.82, 2.24) is 9.38 Å². The summed E-state index contributed by atoms with van der Waals surface area (Å²) in [6.45, 7) is 8.45. The van der Waals surface area contributed by atoms with Gasteiger partial charge in [-0.3, -0.25) is 4.98 Å². The summed E-state index contributed by atoms with van der Waals surface area (Å²) < 4.78 is 2.11. The minimum absolute atomic E-state index is 0.841. The van der Waals surface area contributed by atoms with Gasteiger partial charge in [0.1, 0.15) is 0 Å². The fraction of sp³-hybridized carbons (Fsp3) is 0.235. The van der Waals surface area contributed by atoms with Crippen molar-refractivity contribution >= 4 is 11.2 Å². The van der Waals surface area contributed by atoms with Crippen LogP contribution >= 0.6 is 0 Å². The molecule has 0 unspecified atom stereocenters. The molecule has 2 N–H and O–H groups in total. The fourth-order valence-electron chi connectivity index (χ4n) is 3.12. The Bertz CT molecular complexity index is 789. The van der Waals surface area contributed by atoms with E-state index < -0.39 is 0 Å². The van der Waals surface area contributed by atoms with E-state index in [0.717, 1.165) is 22.5 Å². The summed E-state index contributed by atoms with van der Waals surface area (Å²) in [4.78, 5) is 4.25. The van der Waals surface area contributed by atoms with Crippen LogP contribution in [0.2, 0.25) is 0 Å². The molecule has 0 saturated heterocycles. The van der Waals surface area contributed by atoms with Gasteiger partial charge in [0.15, 0.2) is 0 Å². The Balaban J connectivity index is 2.45. The molecule has 0 aliphatic rings. The molecule has 0 saturated carbocycles. The normalized spacial score (nSPS) is 11.2. The SMILES string of the molecule is Cc1cc(C)c(-c2c(N)c(C)n3ccncc23)c(C)c1. The topological polar surface area (TPSA) is 43.3 Å². The van der Waals surface area contributed by atoms with Gasteiger partial charge in [-0.1, -0.05) is 17.7 Å². The van der Waals surface area contributed by atoms with Gasteiger partial charge >= 0.3 is 0 Å². The van der Waals surface area contributed by atoms with Crippen LogP contribution in [-0.2, 0) is 0 Å². The second-order valence-electron chi connectivity index (χ2n) is 5.48. The Kier molecular flexibility index (Phi) is 2.78. The van der Waals surface area contributed by atoms with Crippen molar-refractivity contribution in [2.45, 2.75) is 27.7 Å². The van der Waals surface area contributed by atoms with E-state index in [1.165, 1.54) is 22.3 Å². The third kappa shape index (κ3) is 1.70. The Morgan fingerprint density at radius 1 is 1.00 bits per heavy atom. The fourth-order valence-corrected chi connectivity index (χ4v) is 3.12. The van der Waals surface area contributed by atoms with Gasteiger partial charge in [0.25, 0.3) is 0 Å². The number of fused-ring (bicyclic) bond motifs is 1. The van der Waals surface area contributed by atoms with Gasteiger partial charge in [0.05, 0.1) is 17.4 Å². The van der Waals surface area contributed by atoms with Crippen LogP contribution in [-0.4, -0.2) is 9.38 Å². The first-order chi connectivity index (χ1) is 9.50. The zero-order valence-corrected chi connectivity index (χ0v) is 12.4. The van der Waals surface area contributed by atoms with E-state index in [9.17, 15) is 0 Å². The second kappa shape index (κ2) is 4.37. The van der Waals surface area contributed by atoms with Crippen LogP contribution in [0.15, 0.2) is 30.7 Å². The molecule has 0 amide bonds. The molecule has 0 fully saturated rings. The van der Waals surface area contributed by atoms with E-state index in [-0.39, 0.29) is 0 Å². The molecule has 20 heavy (non-hydrogen) atoms. The zero-order valence-electron chi connectivity index (χ0n) is 12.4. The Labute approximate surface area is 119 Å². The smallest absolute Gasteiger partial charge is 0.0737 e. The maximum absolute atomic E-state index is 6.37. The molecule has 2 aromatic heterocycles. The second-order valence-corrected chi connectivity index (χ2v) is 5.48. The van der Waals surface area contributed by atoms with Gasteiger partial charge in [0.2, 0.25) is 0 Å². The lowest BCUT2D eigenvalue weighted by Gasteiger charge is -2.12. The molecule has 0 aliphatic heterocycles. The molecule has 3 aromatic rings. The summed E-state index contributed by atoms with van der Waals surface area (Å²) in [7, 11) is 0. The maximum Gasteiger partial charge on any atom is 0.0737 e. The van der Waals surface area contributed by atoms with Gasteiger partial charge in [-0.05, 0) is 44.4 Å². The average molecular weight is 265 g/mol. The average Bonchev–Trinajstić information content (AvgIpc) is 2.64. The molecular formula is C17H19N3. The van der Waals surface area contributed by atoms with Crippen molar-refractivity contribution in [3.05, 3.63) is 53.1 Å². The van der Waals surface area contributed by atoms with Crippen molar-refractivity contribution in [3.63, 3.8) is 0 Å². The highest BCUT2D eigenvalue weighted by Gasteiger charge is 2.18. The predicted molar refractivity (Wildman–Crippen MR) is 84.0 cm³/mol. The standard InChI is InChI=1S/C17H19N3/c1-10-7-11(2)15(12(3)8-10)16-14-9-19-5-6-20(14)13(4)17(16)18/h5-9H,18H2,1-4H3. The lowest BCUT2D eigenvalue weighted by atomic mass is 9.93. The van der Waals surface area contributed by atoms with Gasteiger partial charge < -0.3 is 10.1 Å². The quantitative estimate of drug-likeness (QED) is 0.727. The number of benzene rings is 1. The number of nitrogens with two attached hydrogens (primary N) is 1. The number of hydrogen-bond donors (Lipinski definition) is 1. The van der Waals surface area contributed by atoms with Gasteiger partial charge in [0, 0.05) is 23.7 Å². The molecule has 102 valence electrons. The number of anilines is 1. The largest absolute Gasteiger partial charge is 0.397 e. The van der Waals surface area contributed by atoms with Crippen molar-refractivity contribution < 1.29 is 0 Å². The molecular weight excluding hydrogens is 246 g/mol. The zero-order chi connectivity index (χ0) is 14.4. The van der Waals surface area contributed by atoms with Crippen LogP contribution in [0.1, 0.15) is 22.4 Å². The maximum atomic E-state index is 6.37. The van der Waals surface area contributed by atoms with E-state index >= 15 is 0 Å². The molecule has 3 rings (SSSR count). The van der Waals surface area contributed by atoms with E-state index in [1.807, 2.05) is 19.3 Å². The molecule has 3 heteroatoms. The minimum atomic E-state index is 0.841. The lowest BCUT2D eigenvalue weighted by Crippen LogP contribution is -1.93. The number of nitrogens with zero attached hydrogens (tertiary/aromatic N) is 2. The van der Waals surface area contributed by atoms with Gasteiger partial charge in [-0.2, -0.15) is 0 Å². The van der Waals surface area contributed by atoms with Crippen molar-refractivity contribution in [1.29, 1.82) is 0 Å². The molecule has 0 bridgehead atoms. The highest BCUT2D eigenvalue weighted by molar-refractivity contribution is 5.94. The van der Waals surface area contributed by atoms with Crippen LogP contribution in [0.3, 0.4) is 0 Å². The third-order valence-electron chi connectivity index (χ3n) is 3.96. The third-order valence-corrected chi connectivity index (χ3v) is 3.96. The van der Waals surface area contributed by atoms with Crippen LogP contribution in [0.25, 0.3) is 16.6 Å². The number of rotatable bonds is 1. The number of aromatic nitrogens is 2. The molecule has 1 aromatic carbocycles. The summed E-state index contributed by atoms with van der Waals surface area (Å²) in [5.74, 6) is 0.